The Morgan fingerprint density at radius 1 is 1.43 bits per heavy atom. The Morgan fingerprint density at radius 3 is 2.91 bits per heavy atom. The number of thiazole rings is 1. The molecule has 0 saturated carbocycles. The molecule has 2 rings (SSSR count). The van der Waals surface area contributed by atoms with Crippen LogP contribution in [0.4, 0.5) is 4.39 Å². The number of nitrogens with zero attached hydrogens (tertiary/aromatic N) is 3. The Morgan fingerprint density at radius 2 is 2.26 bits per heavy atom. The molecule has 0 unspecified atom stereocenters. The van der Waals surface area contributed by atoms with Gasteiger partial charge in [-0.25, -0.2) is 9.37 Å². The molecule has 0 saturated heterocycles. The van der Waals surface area contributed by atoms with Crippen molar-refractivity contribution >= 4 is 17.3 Å². The molecule has 6 heteroatoms. The molecule has 1 aromatic heterocycles. The van der Waals surface area contributed by atoms with Crippen molar-refractivity contribution in [1.29, 1.82) is 0 Å². The van der Waals surface area contributed by atoms with Gasteiger partial charge in [-0.1, -0.05) is 19.1 Å². The number of nitrogens with one attached hydrogen (secondary N) is 1. The predicted molar refractivity (Wildman–Crippen MR) is 94.4 cm³/mol. The average molecular weight is 334 g/mol. The van der Waals surface area contributed by atoms with Crippen LogP contribution in [0.2, 0.25) is 0 Å². The van der Waals surface area contributed by atoms with E-state index < -0.39 is 0 Å². The Labute approximate surface area is 141 Å². The first-order chi connectivity index (χ1) is 11.1. The first-order valence-corrected chi connectivity index (χ1v) is 8.59. The molecular formula is C17H23FN4S. The summed E-state index contributed by atoms with van der Waals surface area (Å²) in [6, 6.07) is 6.64. The molecule has 0 radical (unpaired) electrons. The van der Waals surface area contributed by atoms with Gasteiger partial charge in [-0.2, -0.15) is 0 Å². The largest absolute Gasteiger partial charge is 0.356 e. The summed E-state index contributed by atoms with van der Waals surface area (Å²) in [5, 5.41) is 6.61. The van der Waals surface area contributed by atoms with Crippen LogP contribution < -0.4 is 5.32 Å². The molecule has 0 amide bonds. The number of aliphatic imine (C=N–C) groups is 1. The van der Waals surface area contributed by atoms with Crippen molar-refractivity contribution in [2.24, 2.45) is 4.99 Å². The first kappa shape index (κ1) is 17.4. The second-order valence-electron chi connectivity index (χ2n) is 5.30. The van der Waals surface area contributed by atoms with Crippen molar-refractivity contribution in [3.8, 4) is 0 Å². The van der Waals surface area contributed by atoms with E-state index in [2.05, 4.69) is 27.6 Å². The molecule has 1 N–H and O–H groups in total. The molecule has 0 fully saturated rings. The molecule has 0 aliphatic rings. The van der Waals surface area contributed by atoms with Crippen molar-refractivity contribution in [1.82, 2.24) is 15.2 Å². The van der Waals surface area contributed by atoms with E-state index in [0.717, 1.165) is 36.6 Å². The third-order valence-electron chi connectivity index (χ3n) is 3.45. The van der Waals surface area contributed by atoms with E-state index >= 15 is 0 Å². The summed E-state index contributed by atoms with van der Waals surface area (Å²) in [6.07, 6.45) is 1.85. The summed E-state index contributed by atoms with van der Waals surface area (Å²) in [5.41, 5.74) is 2.03. The average Bonchev–Trinajstić information content (AvgIpc) is 2.99. The standard InChI is InChI=1S/C17H23FN4S/c1-4-16-21-15(12-23-16)8-9-20-17(19-2)22(3)11-13-6-5-7-14(18)10-13/h5-7,10,12H,4,8-9,11H2,1-3H3,(H,19,20). The maximum absolute atomic E-state index is 13.3. The van der Waals surface area contributed by atoms with Crippen molar-refractivity contribution in [2.45, 2.75) is 26.3 Å². The summed E-state index contributed by atoms with van der Waals surface area (Å²) >= 11 is 1.71. The maximum Gasteiger partial charge on any atom is 0.193 e. The summed E-state index contributed by atoms with van der Waals surface area (Å²) in [5.74, 6) is 0.578. The highest BCUT2D eigenvalue weighted by atomic mass is 32.1. The third-order valence-corrected chi connectivity index (χ3v) is 4.49. The van der Waals surface area contributed by atoms with Crippen molar-refractivity contribution in [3.63, 3.8) is 0 Å². The van der Waals surface area contributed by atoms with E-state index in [0.29, 0.717) is 6.54 Å². The summed E-state index contributed by atoms with van der Waals surface area (Å²) in [7, 11) is 3.70. The molecule has 0 atom stereocenters. The van der Waals surface area contributed by atoms with E-state index in [1.807, 2.05) is 18.0 Å². The minimum atomic E-state index is -0.214. The van der Waals surface area contributed by atoms with E-state index in [-0.39, 0.29) is 5.82 Å². The fraction of sp³-hybridized carbons (Fsp3) is 0.412. The highest BCUT2D eigenvalue weighted by Gasteiger charge is 2.07. The van der Waals surface area contributed by atoms with Gasteiger partial charge in [-0.15, -0.1) is 11.3 Å². The van der Waals surface area contributed by atoms with Gasteiger partial charge in [0.05, 0.1) is 10.7 Å². The number of guanidine groups is 1. The fourth-order valence-electron chi connectivity index (χ4n) is 2.30. The van der Waals surface area contributed by atoms with Crippen LogP contribution >= 0.6 is 11.3 Å². The molecule has 23 heavy (non-hydrogen) atoms. The number of hydrogen-bond donors (Lipinski definition) is 1. The van der Waals surface area contributed by atoms with E-state index in [9.17, 15) is 4.39 Å². The van der Waals surface area contributed by atoms with Gasteiger partial charge in [0.2, 0.25) is 0 Å². The van der Waals surface area contributed by atoms with E-state index in [1.54, 1.807) is 30.5 Å². The van der Waals surface area contributed by atoms with Crippen molar-refractivity contribution in [2.75, 3.05) is 20.6 Å². The number of aryl methyl sites for hydroxylation is 1. The van der Waals surface area contributed by atoms with Gasteiger partial charge in [0.25, 0.3) is 0 Å². The van der Waals surface area contributed by atoms with Crippen LogP contribution in [0.1, 0.15) is 23.2 Å². The number of benzene rings is 1. The molecule has 2 aromatic rings. The zero-order valence-corrected chi connectivity index (χ0v) is 14.7. The van der Waals surface area contributed by atoms with Crippen LogP contribution in [0.5, 0.6) is 0 Å². The van der Waals surface area contributed by atoms with Crippen LogP contribution in [-0.4, -0.2) is 36.5 Å². The second kappa shape index (κ2) is 8.62. The van der Waals surface area contributed by atoms with Crippen LogP contribution in [0.15, 0.2) is 34.6 Å². The Hall–Kier alpha value is -1.95. The molecule has 0 bridgehead atoms. The minimum absolute atomic E-state index is 0.214. The lowest BCUT2D eigenvalue weighted by Crippen LogP contribution is -2.39. The first-order valence-electron chi connectivity index (χ1n) is 7.72. The number of aromatic nitrogens is 1. The van der Waals surface area contributed by atoms with Crippen LogP contribution in [0.25, 0.3) is 0 Å². The van der Waals surface area contributed by atoms with Crippen molar-refractivity contribution in [3.05, 3.63) is 51.7 Å². The molecule has 4 nitrogen and oxygen atoms in total. The highest BCUT2D eigenvalue weighted by molar-refractivity contribution is 7.09. The van der Waals surface area contributed by atoms with Gasteiger partial charge in [0.1, 0.15) is 5.82 Å². The number of rotatable bonds is 6. The SMILES string of the molecule is CCc1nc(CCNC(=NC)N(C)Cc2cccc(F)c2)cs1. The lowest BCUT2D eigenvalue weighted by atomic mass is 10.2. The molecule has 1 aromatic carbocycles. The zero-order valence-electron chi connectivity index (χ0n) is 13.8. The Balaban J connectivity index is 1.84. The second-order valence-corrected chi connectivity index (χ2v) is 6.24. The minimum Gasteiger partial charge on any atom is -0.356 e. The molecular weight excluding hydrogens is 311 g/mol. The molecule has 124 valence electrons. The topological polar surface area (TPSA) is 40.5 Å². The Bertz CT molecular complexity index is 654. The normalized spacial score (nSPS) is 11.6. The van der Waals surface area contributed by atoms with E-state index in [4.69, 9.17) is 0 Å². The lowest BCUT2D eigenvalue weighted by molar-refractivity contribution is 0.475. The van der Waals surface area contributed by atoms with Crippen molar-refractivity contribution < 1.29 is 4.39 Å². The summed E-state index contributed by atoms with van der Waals surface area (Å²) < 4.78 is 13.3. The van der Waals surface area contributed by atoms with Crippen LogP contribution in [0, 0.1) is 5.82 Å². The number of hydrogen-bond acceptors (Lipinski definition) is 3. The maximum atomic E-state index is 13.3. The zero-order chi connectivity index (χ0) is 16.7. The lowest BCUT2D eigenvalue weighted by Gasteiger charge is -2.22. The fourth-order valence-corrected chi connectivity index (χ4v) is 3.08. The van der Waals surface area contributed by atoms with Gasteiger partial charge >= 0.3 is 0 Å². The third kappa shape index (κ3) is 5.32. The van der Waals surface area contributed by atoms with Crippen LogP contribution in [0.3, 0.4) is 0 Å². The molecule has 0 aliphatic carbocycles. The monoisotopic (exact) mass is 334 g/mol. The Kier molecular flexibility index (Phi) is 6.52. The smallest absolute Gasteiger partial charge is 0.193 e. The van der Waals surface area contributed by atoms with Crippen LogP contribution in [-0.2, 0) is 19.4 Å². The van der Waals surface area contributed by atoms with Gasteiger partial charge in [0.15, 0.2) is 5.96 Å². The van der Waals surface area contributed by atoms with Gasteiger partial charge in [-0.05, 0) is 24.1 Å². The molecule has 0 spiro atoms. The van der Waals surface area contributed by atoms with Gasteiger partial charge < -0.3 is 10.2 Å². The van der Waals surface area contributed by atoms with Gasteiger partial charge in [-0.3, -0.25) is 4.99 Å². The molecule has 1 heterocycles. The summed E-state index contributed by atoms with van der Waals surface area (Å²) in [4.78, 5) is 10.8. The van der Waals surface area contributed by atoms with Gasteiger partial charge in [0, 0.05) is 39.0 Å². The summed E-state index contributed by atoms with van der Waals surface area (Å²) in [6.45, 7) is 3.49. The predicted octanol–water partition coefficient (Wildman–Crippen LogP) is 3.09. The highest BCUT2D eigenvalue weighted by Crippen LogP contribution is 2.10. The number of halogens is 1. The quantitative estimate of drug-likeness (QED) is 0.652. The molecule has 0 aliphatic heterocycles. The van der Waals surface area contributed by atoms with E-state index in [1.165, 1.54) is 11.1 Å².